The number of carbonyl (C=O) groups is 1. The van der Waals surface area contributed by atoms with Crippen LogP contribution in [-0.2, 0) is 0 Å². The standard InChI is InChI=1S/C17H13F2N3O2S/c1-8(11-5-3-10(18)7-13(11)19)20-15(23)9-2-4-12-14(6-9)21-17(25)22-16(12)24/h2-8H,1H3,(H,20,23)(H2,21,22,24,25)/t8-/m0/s1. The second kappa shape index (κ2) is 6.56. The lowest BCUT2D eigenvalue weighted by molar-refractivity contribution is 0.0939. The summed E-state index contributed by atoms with van der Waals surface area (Å²) in [5, 5.41) is 3.00. The van der Waals surface area contributed by atoms with E-state index in [2.05, 4.69) is 15.3 Å². The SMILES string of the molecule is C[C@H](NC(=O)c1ccc2c(=O)[nH]c(=S)[nH]c2c1)c1ccc(F)cc1F. The molecule has 128 valence electrons. The average Bonchev–Trinajstić information content (AvgIpc) is 2.53. The minimum atomic E-state index is -0.734. The lowest BCUT2D eigenvalue weighted by Gasteiger charge is -2.15. The van der Waals surface area contributed by atoms with Gasteiger partial charge in [-0.05, 0) is 43.4 Å². The molecular formula is C17H13F2N3O2S. The number of aromatic amines is 2. The van der Waals surface area contributed by atoms with Crippen LogP contribution in [0.15, 0.2) is 41.2 Å². The molecule has 1 atom stereocenters. The van der Waals surface area contributed by atoms with Gasteiger partial charge < -0.3 is 10.3 Å². The zero-order valence-electron chi connectivity index (χ0n) is 13.0. The highest BCUT2D eigenvalue weighted by atomic mass is 32.1. The predicted octanol–water partition coefficient (Wildman–Crippen LogP) is 3.35. The highest BCUT2D eigenvalue weighted by molar-refractivity contribution is 7.71. The van der Waals surface area contributed by atoms with E-state index in [1.54, 1.807) is 6.92 Å². The number of nitrogens with one attached hydrogen (secondary N) is 3. The van der Waals surface area contributed by atoms with E-state index in [1.165, 1.54) is 24.3 Å². The third-order valence-electron chi connectivity index (χ3n) is 3.78. The number of fused-ring (bicyclic) bond motifs is 1. The summed E-state index contributed by atoms with van der Waals surface area (Å²) in [4.78, 5) is 29.4. The number of H-pyrrole nitrogens is 2. The number of carbonyl (C=O) groups excluding carboxylic acids is 1. The van der Waals surface area contributed by atoms with Crippen LogP contribution in [0, 0.1) is 16.4 Å². The van der Waals surface area contributed by atoms with Gasteiger partial charge in [0, 0.05) is 17.2 Å². The molecule has 0 radical (unpaired) electrons. The number of amides is 1. The van der Waals surface area contributed by atoms with E-state index in [-0.39, 0.29) is 21.5 Å². The first-order valence-corrected chi connectivity index (χ1v) is 7.78. The van der Waals surface area contributed by atoms with Gasteiger partial charge in [0.2, 0.25) is 0 Å². The van der Waals surface area contributed by atoms with Gasteiger partial charge in [0.15, 0.2) is 4.77 Å². The summed E-state index contributed by atoms with van der Waals surface area (Å²) in [5.74, 6) is -1.88. The van der Waals surface area contributed by atoms with Crippen LogP contribution in [0.1, 0.15) is 28.9 Å². The Hall–Kier alpha value is -2.87. The summed E-state index contributed by atoms with van der Waals surface area (Å²) in [7, 11) is 0. The van der Waals surface area contributed by atoms with E-state index >= 15 is 0 Å². The van der Waals surface area contributed by atoms with Gasteiger partial charge in [0.1, 0.15) is 11.6 Å². The minimum Gasteiger partial charge on any atom is -0.345 e. The smallest absolute Gasteiger partial charge is 0.259 e. The molecule has 3 N–H and O–H groups in total. The highest BCUT2D eigenvalue weighted by Crippen LogP contribution is 2.19. The minimum absolute atomic E-state index is 0.150. The summed E-state index contributed by atoms with van der Waals surface area (Å²) in [6, 6.07) is 6.98. The van der Waals surface area contributed by atoms with Crippen molar-refractivity contribution < 1.29 is 13.6 Å². The Labute approximate surface area is 145 Å². The molecule has 8 heteroatoms. The zero-order chi connectivity index (χ0) is 18.1. The number of benzene rings is 2. The summed E-state index contributed by atoms with van der Waals surface area (Å²) in [6.45, 7) is 1.59. The molecule has 0 aliphatic carbocycles. The summed E-state index contributed by atoms with van der Waals surface area (Å²) >= 11 is 4.91. The van der Waals surface area contributed by atoms with E-state index in [0.29, 0.717) is 10.9 Å². The van der Waals surface area contributed by atoms with Crippen molar-refractivity contribution in [1.29, 1.82) is 0 Å². The Kier molecular flexibility index (Phi) is 4.45. The van der Waals surface area contributed by atoms with Gasteiger partial charge in [-0.15, -0.1) is 0 Å². The maximum atomic E-state index is 13.8. The highest BCUT2D eigenvalue weighted by Gasteiger charge is 2.16. The normalized spacial score (nSPS) is 12.1. The summed E-state index contributed by atoms with van der Waals surface area (Å²) in [5.41, 5.74) is 0.513. The Balaban J connectivity index is 1.89. The molecule has 5 nitrogen and oxygen atoms in total. The lowest BCUT2D eigenvalue weighted by atomic mass is 10.1. The maximum Gasteiger partial charge on any atom is 0.259 e. The zero-order valence-corrected chi connectivity index (χ0v) is 13.8. The van der Waals surface area contributed by atoms with Gasteiger partial charge in [0.05, 0.1) is 16.9 Å². The van der Waals surface area contributed by atoms with Crippen LogP contribution in [-0.4, -0.2) is 15.9 Å². The molecule has 0 aliphatic heterocycles. The number of rotatable bonds is 3. The third-order valence-corrected chi connectivity index (χ3v) is 3.98. The number of halogens is 2. The Morgan fingerprint density at radius 3 is 2.64 bits per heavy atom. The largest absolute Gasteiger partial charge is 0.345 e. The van der Waals surface area contributed by atoms with Crippen molar-refractivity contribution in [3.63, 3.8) is 0 Å². The average molecular weight is 361 g/mol. The molecule has 0 spiro atoms. The van der Waals surface area contributed by atoms with E-state index in [1.807, 2.05) is 0 Å². The van der Waals surface area contributed by atoms with Crippen LogP contribution in [0.2, 0.25) is 0 Å². The lowest BCUT2D eigenvalue weighted by Crippen LogP contribution is -2.27. The first-order chi connectivity index (χ1) is 11.8. The van der Waals surface area contributed by atoms with Crippen LogP contribution in [0.5, 0.6) is 0 Å². The van der Waals surface area contributed by atoms with Crippen LogP contribution < -0.4 is 10.9 Å². The molecule has 1 amide bonds. The van der Waals surface area contributed by atoms with Gasteiger partial charge in [-0.1, -0.05) is 6.07 Å². The van der Waals surface area contributed by atoms with E-state index < -0.39 is 23.6 Å². The first kappa shape index (κ1) is 17.0. The fourth-order valence-corrected chi connectivity index (χ4v) is 2.72. The van der Waals surface area contributed by atoms with Crippen molar-refractivity contribution in [2.45, 2.75) is 13.0 Å². The maximum absolute atomic E-state index is 13.8. The Bertz CT molecular complexity index is 1090. The molecule has 25 heavy (non-hydrogen) atoms. The number of hydrogen-bond donors (Lipinski definition) is 3. The monoisotopic (exact) mass is 361 g/mol. The molecule has 0 aliphatic rings. The number of aromatic nitrogens is 2. The van der Waals surface area contributed by atoms with Gasteiger partial charge in [-0.25, -0.2) is 8.78 Å². The summed E-state index contributed by atoms with van der Waals surface area (Å²) < 4.78 is 26.9. The van der Waals surface area contributed by atoms with E-state index in [0.717, 1.165) is 12.1 Å². The molecule has 3 rings (SSSR count). The van der Waals surface area contributed by atoms with Gasteiger partial charge in [-0.2, -0.15) is 0 Å². The van der Waals surface area contributed by atoms with Crippen LogP contribution in [0.4, 0.5) is 8.78 Å². The quantitative estimate of drug-likeness (QED) is 0.626. The fourth-order valence-electron chi connectivity index (χ4n) is 2.52. The molecule has 0 unspecified atom stereocenters. The van der Waals surface area contributed by atoms with E-state index in [4.69, 9.17) is 12.2 Å². The second-order valence-corrected chi connectivity index (χ2v) is 5.94. The van der Waals surface area contributed by atoms with Crippen molar-refractivity contribution in [2.75, 3.05) is 0 Å². The van der Waals surface area contributed by atoms with Crippen LogP contribution >= 0.6 is 12.2 Å². The second-order valence-electron chi connectivity index (χ2n) is 5.53. The molecule has 3 aromatic rings. The predicted molar refractivity (Wildman–Crippen MR) is 92.0 cm³/mol. The number of hydrogen-bond acceptors (Lipinski definition) is 3. The third kappa shape index (κ3) is 3.48. The van der Waals surface area contributed by atoms with Gasteiger partial charge in [0.25, 0.3) is 11.5 Å². The fraction of sp³-hybridized carbons (Fsp3) is 0.118. The topological polar surface area (TPSA) is 77.8 Å². The molecule has 1 heterocycles. The van der Waals surface area contributed by atoms with Crippen molar-refractivity contribution >= 4 is 29.0 Å². The Morgan fingerprint density at radius 1 is 1.16 bits per heavy atom. The van der Waals surface area contributed by atoms with Crippen LogP contribution in [0.3, 0.4) is 0 Å². The van der Waals surface area contributed by atoms with E-state index in [9.17, 15) is 18.4 Å². The molecule has 0 saturated carbocycles. The molecule has 0 fully saturated rings. The molecule has 0 bridgehead atoms. The van der Waals surface area contributed by atoms with Crippen molar-refractivity contribution in [3.05, 3.63) is 74.3 Å². The van der Waals surface area contributed by atoms with Crippen molar-refractivity contribution in [1.82, 2.24) is 15.3 Å². The van der Waals surface area contributed by atoms with Crippen molar-refractivity contribution in [2.24, 2.45) is 0 Å². The molecule has 2 aromatic carbocycles. The molecule has 0 saturated heterocycles. The first-order valence-electron chi connectivity index (χ1n) is 7.37. The van der Waals surface area contributed by atoms with Gasteiger partial charge >= 0.3 is 0 Å². The molecule has 1 aromatic heterocycles. The molecular weight excluding hydrogens is 348 g/mol. The Morgan fingerprint density at radius 2 is 1.92 bits per heavy atom. The van der Waals surface area contributed by atoms with Gasteiger partial charge in [-0.3, -0.25) is 14.6 Å². The van der Waals surface area contributed by atoms with Crippen molar-refractivity contribution in [3.8, 4) is 0 Å². The van der Waals surface area contributed by atoms with Crippen LogP contribution in [0.25, 0.3) is 10.9 Å². The summed E-state index contributed by atoms with van der Waals surface area (Å²) in [6.07, 6.45) is 0.